The minimum absolute atomic E-state index is 0.252. The van der Waals surface area contributed by atoms with Gasteiger partial charge in [0.15, 0.2) is 11.5 Å². The van der Waals surface area contributed by atoms with Crippen LogP contribution in [0.1, 0.15) is 38.8 Å². The van der Waals surface area contributed by atoms with Crippen LogP contribution >= 0.6 is 0 Å². The lowest BCUT2D eigenvalue weighted by atomic mass is 10.0. The summed E-state index contributed by atoms with van der Waals surface area (Å²) in [4.78, 5) is 32.7. The fourth-order valence-corrected chi connectivity index (χ4v) is 4.86. The SMILES string of the molecule is COc1ccc(-c2nnn(CC(=O)N(CCCN3CCOCC3)[C@@H](C(=O)NC(C)(C)C)c3ccc(F)cc3)n2)cc1OC. The Labute approximate surface area is 251 Å². The van der Waals surface area contributed by atoms with Gasteiger partial charge in [-0.1, -0.05) is 12.1 Å². The number of hydrogen-bond acceptors (Lipinski definition) is 9. The number of morpholine rings is 1. The molecule has 3 aromatic rings. The number of methoxy groups -OCH3 is 2. The number of benzene rings is 2. The number of nitrogens with one attached hydrogen (secondary N) is 1. The summed E-state index contributed by atoms with van der Waals surface area (Å²) >= 11 is 0. The van der Waals surface area contributed by atoms with Crippen molar-refractivity contribution >= 4 is 11.8 Å². The van der Waals surface area contributed by atoms with Crippen molar-refractivity contribution in [2.24, 2.45) is 0 Å². The van der Waals surface area contributed by atoms with Crippen molar-refractivity contribution in [2.75, 3.05) is 53.6 Å². The number of nitrogens with zero attached hydrogens (tertiary/aromatic N) is 6. The molecule has 0 radical (unpaired) electrons. The summed E-state index contributed by atoms with van der Waals surface area (Å²) in [6.45, 7) is 9.30. The standard InChI is InChI=1S/C30H40FN7O5/c1-30(2,3)32-29(40)27(21-7-10-23(31)11-8-21)37(14-6-13-36-15-17-43-18-16-36)26(39)20-38-34-28(33-35-38)22-9-12-24(41-4)25(19-22)42-5/h7-12,19,27H,6,13-18,20H2,1-5H3,(H,32,40)/t27-/m1/s1. The summed E-state index contributed by atoms with van der Waals surface area (Å²) in [5, 5.41) is 15.6. The Balaban J connectivity index is 1.60. The molecule has 1 aromatic heterocycles. The van der Waals surface area contributed by atoms with E-state index < -0.39 is 17.4 Å². The zero-order valence-corrected chi connectivity index (χ0v) is 25.4. The highest BCUT2D eigenvalue weighted by molar-refractivity contribution is 5.89. The van der Waals surface area contributed by atoms with E-state index in [1.165, 1.54) is 41.1 Å². The third kappa shape index (κ3) is 8.71. The normalized spacial score (nSPS) is 14.7. The van der Waals surface area contributed by atoms with Gasteiger partial charge in [-0.3, -0.25) is 14.5 Å². The molecule has 1 N–H and O–H groups in total. The van der Waals surface area contributed by atoms with Gasteiger partial charge in [0.1, 0.15) is 18.4 Å². The molecule has 0 spiro atoms. The highest BCUT2D eigenvalue weighted by Gasteiger charge is 2.33. The molecule has 2 amide bonds. The van der Waals surface area contributed by atoms with Gasteiger partial charge in [0.2, 0.25) is 17.6 Å². The predicted molar refractivity (Wildman–Crippen MR) is 157 cm³/mol. The number of aromatic nitrogens is 4. The van der Waals surface area contributed by atoms with Gasteiger partial charge in [0, 0.05) is 37.3 Å². The van der Waals surface area contributed by atoms with E-state index in [-0.39, 0.29) is 24.9 Å². The molecule has 1 aliphatic heterocycles. The maximum absolute atomic E-state index is 13.9. The van der Waals surface area contributed by atoms with E-state index in [0.29, 0.717) is 48.1 Å². The van der Waals surface area contributed by atoms with Gasteiger partial charge in [-0.25, -0.2) is 4.39 Å². The van der Waals surface area contributed by atoms with Crippen LogP contribution in [0.25, 0.3) is 11.4 Å². The zero-order chi connectivity index (χ0) is 31.0. The van der Waals surface area contributed by atoms with E-state index >= 15 is 0 Å². The molecule has 13 heteroatoms. The van der Waals surface area contributed by atoms with Crippen molar-refractivity contribution in [2.45, 2.75) is 45.3 Å². The van der Waals surface area contributed by atoms with Gasteiger partial charge in [-0.2, -0.15) is 4.80 Å². The molecule has 4 rings (SSSR count). The van der Waals surface area contributed by atoms with Crippen LogP contribution in [-0.4, -0.2) is 101 Å². The highest BCUT2D eigenvalue weighted by Crippen LogP contribution is 2.31. The molecule has 12 nitrogen and oxygen atoms in total. The lowest BCUT2D eigenvalue weighted by molar-refractivity contribution is -0.142. The summed E-state index contributed by atoms with van der Waals surface area (Å²) in [5.41, 5.74) is 0.576. The van der Waals surface area contributed by atoms with Crippen LogP contribution in [0.5, 0.6) is 11.5 Å². The number of tetrazole rings is 1. The molecular formula is C30H40FN7O5. The average Bonchev–Trinajstić information content (AvgIpc) is 3.45. The van der Waals surface area contributed by atoms with Gasteiger partial charge in [0.25, 0.3) is 0 Å². The topological polar surface area (TPSA) is 124 Å². The Kier molecular flexibility index (Phi) is 10.6. The number of carbonyl (C=O) groups excluding carboxylic acids is 2. The summed E-state index contributed by atoms with van der Waals surface area (Å²) in [6, 6.07) is 9.88. The Morgan fingerprint density at radius 1 is 1.07 bits per heavy atom. The van der Waals surface area contributed by atoms with Crippen LogP contribution in [0.2, 0.25) is 0 Å². The molecule has 1 aliphatic rings. The zero-order valence-electron chi connectivity index (χ0n) is 25.4. The number of amides is 2. The largest absolute Gasteiger partial charge is 0.493 e. The fraction of sp³-hybridized carbons (Fsp3) is 0.500. The van der Waals surface area contributed by atoms with Gasteiger partial charge >= 0.3 is 0 Å². The number of carbonyl (C=O) groups is 2. The lowest BCUT2D eigenvalue weighted by Gasteiger charge is -2.34. The third-order valence-electron chi connectivity index (χ3n) is 6.91. The van der Waals surface area contributed by atoms with E-state index in [9.17, 15) is 14.0 Å². The molecule has 0 aliphatic carbocycles. The molecule has 2 aromatic carbocycles. The quantitative estimate of drug-likeness (QED) is 0.336. The van der Waals surface area contributed by atoms with Crippen molar-refractivity contribution in [3.63, 3.8) is 0 Å². The number of rotatable bonds is 12. The molecule has 0 bridgehead atoms. The Morgan fingerprint density at radius 3 is 2.42 bits per heavy atom. The van der Waals surface area contributed by atoms with Crippen molar-refractivity contribution in [1.29, 1.82) is 0 Å². The van der Waals surface area contributed by atoms with Crippen LogP contribution in [0.4, 0.5) is 4.39 Å². The molecule has 0 saturated carbocycles. The van der Waals surface area contributed by atoms with E-state index in [0.717, 1.165) is 19.6 Å². The summed E-state index contributed by atoms with van der Waals surface area (Å²) in [7, 11) is 3.08. The van der Waals surface area contributed by atoms with E-state index in [1.807, 2.05) is 20.8 Å². The number of ether oxygens (including phenoxy) is 3. The lowest BCUT2D eigenvalue weighted by Crippen LogP contribution is -2.50. The van der Waals surface area contributed by atoms with Crippen LogP contribution < -0.4 is 14.8 Å². The molecular weight excluding hydrogens is 557 g/mol. The maximum Gasteiger partial charge on any atom is 0.247 e. The molecule has 1 fully saturated rings. The van der Waals surface area contributed by atoms with Crippen molar-refractivity contribution in [3.05, 3.63) is 53.8 Å². The van der Waals surface area contributed by atoms with Crippen molar-refractivity contribution in [1.82, 2.24) is 35.3 Å². The smallest absolute Gasteiger partial charge is 0.247 e. The van der Waals surface area contributed by atoms with E-state index in [1.54, 1.807) is 25.3 Å². The second kappa shape index (κ2) is 14.4. The minimum atomic E-state index is -0.995. The molecule has 232 valence electrons. The summed E-state index contributed by atoms with van der Waals surface area (Å²) in [6.07, 6.45) is 0.619. The average molecular weight is 598 g/mol. The number of halogens is 1. The van der Waals surface area contributed by atoms with Crippen LogP contribution in [-0.2, 0) is 20.9 Å². The van der Waals surface area contributed by atoms with Crippen LogP contribution in [0, 0.1) is 5.82 Å². The molecule has 2 heterocycles. The van der Waals surface area contributed by atoms with Crippen molar-refractivity contribution < 1.29 is 28.2 Å². The summed E-state index contributed by atoms with van der Waals surface area (Å²) in [5.74, 6) is 0.187. The predicted octanol–water partition coefficient (Wildman–Crippen LogP) is 2.70. The van der Waals surface area contributed by atoms with E-state index in [2.05, 4.69) is 25.6 Å². The molecule has 43 heavy (non-hydrogen) atoms. The number of hydrogen-bond donors (Lipinski definition) is 1. The Morgan fingerprint density at radius 2 is 1.77 bits per heavy atom. The molecule has 1 atom stereocenters. The monoisotopic (exact) mass is 597 g/mol. The van der Waals surface area contributed by atoms with Gasteiger partial charge in [-0.15, -0.1) is 10.2 Å². The first-order valence-electron chi connectivity index (χ1n) is 14.2. The van der Waals surface area contributed by atoms with Gasteiger partial charge in [-0.05, 0) is 68.3 Å². The van der Waals surface area contributed by atoms with Gasteiger partial charge < -0.3 is 24.4 Å². The Bertz CT molecular complexity index is 1370. The second-order valence-electron chi connectivity index (χ2n) is 11.3. The summed E-state index contributed by atoms with van der Waals surface area (Å²) < 4.78 is 30.0. The Hall–Kier alpha value is -4.10. The molecule has 1 saturated heterocycles. The third-order valence-corrected chi connectivity index (χ3v) is 6.91. The highest BCUT2D eigenvalue weighted by atomic mass is 19.1. The minimum Gasteiger partial charge on any atom is -0.493 e. The van der Waals surface area contributed by atoms with Gasteiger partial charge in [0.05, 0.1) is 27.4 Å². The maximum atomic E-state index is 13.9. The first kappa shape index (κ1) is 31.8. The van der Waals surface area contributed by atoms with E-state index in [4.69, 9.17) is 14.2 Å². The first-order chi connectivity index (χ1) is 20.6. The first-order valence-corrected chi connectivity index (χ1v) is 14.2. The molecule has 0 unspecified atom stereocenters. The second-order valence-corrected chi connectivity index (χ2v) is 11.3. The van der Waals surface area contributed by atoms with Crippen LogP contribution in [0.3, 0.4) is 0 Å². The van der Waals surface area contributed by atoms with Crippen molar-refractivity contribution in [3.8, 4) is 22.9 Å². The fourth-order valence-electron chi connectivity index (χ4n) is 4.86. The van der Waals surface area contributed by atoms with Crippen LogP contribution in [0.15, 0.2) is 42.5 Å².